The molecule has 1 N–H and O–H groups in total. The van der Waals surface area contributed by atoms with Crippen LogP contribution in [0.4, 0.5) is 5.69 Å². The van der Waals surface area contributed by atoms with Crippen LogP contribution in [0.3, 0.4) is 0 Å². The Morgan fingerprint density at radius 2 is 1.57 bits per heavy atom. The van der Waals surface area contributed by atoms with Gasteiger partial charge in [0.25, 0.3) is 27.7 Å². The van der Waals surface area contributed by atoms with E-state index in [1.54, 1.807) is 34.9 Å². The summed E-state index contributed by atoms with van der Waals surface area (Å²) in [5.74, 6) is -1.60. The molecule has 5 aromatic rings. The quantitative estimate of drug-likeness (QED) is 0.118. The van der Waals surface area contributed by atoms with Gasteiger partial charge in [-0.2, -0.15) is 5.10 Å². The average Bonchev–Trinajstić information content (AvgIpc) is 3.84. The number of carbonyl (C=O) groups excluding carboxylic acids is 3. The van der Waals surface area contributed by atoms with Crippen molar-refractivity contribution in [1.29, 1.82) is 0 Å². The van der Waals surface area contributed by atoms with Gasteiger partial charge < -0.3 is 15.1 Å². The maximum absolute atomic E-state index is 14.9. The summed E-state index contributed by atoms with van der Waals surface area (Å²) in [6, 6.07) is 20.2. The van der Waals surface area contributed by atoms with E-state index in [1.807, 2.05) is 24.3 Å². The Morgan fingerprint density at radius 1 is 0.852 bits per heavy atom. The lowest BCUT2D eigenvalue weighted by molar-refractivity contribution is 0.0732. The Bertz CT molecular complexity index is 2630. The maximum atomic E-state index is 14.9. The van der Waals surface area contributed by atoms with E-state index in [-0.39, 0.29) is 48.4 Å². The predicted octanol–water partition coefficient (Wildman–Crippen LogP) is 10.1. The molecule has 61 heavy (non-hydrogen) atoms. The lowest BCUT2D eigenvalue weighted by Gasteiger charge is -2.30. The smallest absolute Gasteiger partial charge is 0.275 e. The number of benzene rings is 4. The largest absolute Gasteiger partial charge is 0.384 e. The first-order valence-corrected chi connectivity index (χ1v) is 23.7. The molecule has 16 heteroatoms. The summed E-state index contributed by atoms with van der Waals surface area (Å²) in [5, 5.41) is 8.57. The van der Waals surface area contributed by atoms with Gasteiger partial charge in [0, 0.05) is 48.4 Å². The number of sulfonamides is 1. The fourth-order valence-corrected chi connectivity index (χ4v) is 10.7. The fourth-order valence-electron chi connectivity index (χ4n) is 7.71. The molecule has 3 heterocycles. The lowest BCUT2D eigenvalue weighted by atomic mass is 9.98. The molecule has 3 amide bonds. The van der Waals surface area contributed by atoms with E-state index in [9.17, 15) is 22.8 Å². The van der Waals surface area contributed by atoms with E-state index >= 15 is 0 Å². The number of amides is 3. The van der Waals surface area contributed by atoms with Crippen LogP contribution in [0.15, 0.2) is 82.2 Å². The minimum atomic E-state index is -4.56. The Labute approximate surface area is 380 Å². The lowest BCUT2D eigenvalue weighted by Crippen LogP contribution is -2.38. The van der Waals surface area contributed by atoms with Gasteiger partial charge in [0.1, 0.15) is 4.90 Å². The number of rotatable bonds is 14. The van der Waals surface area contributed by atoms with Crippen molar-refractivity contribution in [2.75, 3.05) is 31.5 Å². The zero-order chi connectivity index (χ0) is 43.6. The SMILES string of the molecule is CCCCN(CCCC)C(=O)c1nn(-c2ccc(C(=O)N(Cc3ccc(Cl)c(Cl)c3)S(=O)(=O)c3cc4c(cc3Br)CCN4)cc2C(=O)N2CCc3ccccc3C2)c(C)c1Cl. The van der Waals surface area contributed by atoms with E-state index < -0.39 is 28.4 Å². The zero-order valence-electron chi connectivity index (χ0n) is 34.1. The number of nitrogens with one attached hydrogen (secondary N) is 1. The van der Waals surface area contributed by atoms with Crippen LogP contribution in [-0.2, 0) is 36.0 Å². The Morgan fingerprint density at radius 3 is 2.28 bits per heavy atom. The number of anilines is 1. The van der Waals surface area contributed by atoms with Crippen LogP contribution in [0, 0.1) is 6.92 Å². The summed E-state index contributed by atoms with van der Waals surface area (Å²) < 4.78 is 32.1. The second-order valence-electron chi connectivity index (χ2n) is 15.3. The Hall–Kier alpha value is -4.40. The van der Waals surface area contributed by atoms with Gasteiger partial charge in [0.2, 0.25) is 0 Å². The molecule has 0 radical (unpaired) electrons. The first kappa shape index (κ1) is 44.6. The summed E-state index contributed by atoms with van der Waals surface area (Å²) in [4.78, 5) is 47.2. The van der Waals surface area contributed by atoms with Crippen molar-refractivity contribution in [3.63, 3.8) is 0 Å². The molecule has 320 valence electrons. The van der Waals surface area contributed by atoms with Gasteiger partial charge in [-0.3, -0.25) is 14.4 Å². The van der Waals surface area contributed by atoms with Crippen molar-refractivity contribution in [3.8, 4) is 5.69 Å². The van der Waals surface area contributed by atoms with Crippen LogP contribution in [0.2, 0.25) is 15.1 Å². The van der Waals surface area contributed by atoms with Gasteiger partial charge in [-0.1, -0.05) is 91.8 Å². The summed E-state index contributed by atoms with van der Waals surface area (Å²) >= 11 is 23.0. The minimum absolute atomic E-state index is 0.0603. The topological polar surface area (TPSA) is 125 Å². The molecule has 0 fully saturated rings. The number of nitrogens with zero attached hydrogens (tertiary/aromatic N) is 5. The summed E-state index contributed by atoms with van der Waals surface area (Å²) in [6.07, 6.45) is 4.78. The first-order chi connectivity index (χ1) is 29.2. The molecule has 11 nitrogen and oxygen atoms in total. The zero-order valence-corrected chi connectivity index (χ0v) is 38.8. The maximum Gasteiger partial charge on any atom is 0.275 e. The number of unbranched alkanes of at least 4 members (excludes halogenated alkanes) is 2. The van der Waals surface area contributed by atoms with Crippen molar-refractivity contribution >= 4 is 84.2 Å². The van der Waals surface area contributed by atoms with Gasteiger partial charge in [0.05, 0.1) is 38.6 Å². The van der Waals surface area contributed by atoms with Crippen molar-refractivity contribution in [3.05, 3.63) is 137 Å². The molecular weight excluding hydrogens is 923 g/mol. The van der Waals surface area contributed by atoms with Crippen LogP contribution in [0.25, 0.3) is 5.69 Å². The average molecular weight is 969 g/mol. The Balaban J connectivity index is 1.35. The first-order valence-electron chi connectivity index (χ1n) is 20.4. The second-order valence-corrected chi connectivity index (χ2v) is 19.2. The number of aromatic nitrogens is 2. The molecule has 0 atom stereocenters. The van der Waals surface area contributed by atoms with Crippen molar-refractivity contribution in [2.45, 2.75) is 77.3 Å². The highest BCUT2D eigenvalue weighted by Crippen LogP contribution is 2.36. The highest BCUT2D eigenvalue weighted by molar-refractivity contribution is 9.10. The molecule has 0 saturated heterocycles. The van der Waals surface area contributed by atoms with Crippen LogP contribution < -0.4 is 5.32 Å². The van der Waals surface area contributed by atoms with Crippen LogP contribution in [-0.4, -0.2) is 76.2 Å². The highest BCUT2D eigenvalue weighted by Gasteiger charge is 2.35. The van der Waals surface area contributed by atoms with Crippen LogP contribution in [0.5, 0.6) is 0 Å². The molecule has 2 aliphatic heterocycles. The number of carbonyl (C=O) groups is 3. The highest BCUT2D eigenvalue weighted by atomic mass is 79.9. The third-order valence-electron chi connectivity index (χ3n) is 11.2. The number of halogens is 4. The Kier molecular flexibility index (Phi) is 13.8. The van der Waals surface area contributed by atoms with Gasteiger partial charge >= 0.3 is 0 Å². The number of hydrogen-bond donors (Lipinski definition) is 1. The molecule has 1 aromatic heterocycles. The van der Waals surface area contributed by atoms with E-state index in [1.165, 1.54) is 35.0 Å². The van der Waals surface area contributed by atoms with Crippen LogP contribution in [0.1, 0.15) is 98.7 Å². The summed E-state index contributed by atoms with van der Waals surface area (Å²) in [6.45, 7) is 7.91. The molecule has 0 aliphatic carbocycles. The van der Waals surface area contributed by atoms with Crippen LogP contribution >= 0.6 is 50.7 Å². The van der Waals surface area contributed by atoms with Crippen molar-refractivity contribution in [1.82, 2.24) is 23.9 Å². The molecule has 2 aliphatic rings. The minimum Gasteiger partial charge on any atom is -0.384 e. The van der Waals surface area contributed by atoms with Gasteiger partial charge in [-0.15, -0.1) is 0 Å². The molecule has 0 bridgehead atoms. The molecule has 0 saturated carbocycles. The van der Waals surface area contributed by atoms with E-state index in [0.717, 1.165) is 53.1 Å². The fraction of sp³-hybridized carbons (Fsp3) is 0.333. The normalized spacial score (nSPS) is 13.4. The van der Waals surface area contributed by atoms with E-state index in [2.05, 4.69) is 35.1 Å². The standard InChI is InChI=1S/C45H46BrCl3N6O5S/c1-4-6-19-52(20-7-5-2)45(58)42-41(49)28(3)55(51-42)39-15-13-32(23-34(39)44(57)53-21-17-30-10-8-9-11-33(30)27-53)43(56)54(26-29-12-14-36(47)37(48)22-29)61(59,60)40-25-38-31(16-18-50-38)24-35(40)46/h8-15,22-25,50H,4-7,16-21,26-27H2,1-3H3. The van der Waals surface area contributed by atoms with E-state index in [4.69, 9.17) is 39.9 Å². The van der Waals surface area contributed by atoms with E-state index in [0.29, 0.717) is 60.6 Å². The molecular formula is C45H46BrCl3N6O5S. The molecule has 0 unspecified atom stereocenters. The predicted molar refractivity (Wildman–Crippen MR) is 244 cm³/mol. The summed E-state index contributed by atoms with van der Waals surface area (Å²) in [5.41, 5.74) is 4.92. The third-order valence-corrected chi connectivity index (χ3v) is 15.1. The van der Waals surface area contributed by atoms with Gasteiger partial charge in [-0.05, 0) is 113 Å². The second kappa shape index (κ2) is 18.9. The summed E-state index contributed by atoms with van der Waals surface area (Å²) in [7, 11) is -4.56. The number of fused-ring (bicyclic) bond motifs is 2. The van der Waals surface area contributed by atoms with Gasteiger partial charge in [-0.25, -0.2) is 17.4 Å². The molecule has 7 rings (SSSR count). The third kappa shape index (κ3) is 9.22. The number of hydrogen-bond acceptors (Lipinski definition) is 7. The van der Waals surface area contributed by atoms with Gasteiger partial charge in [0.15, 0.2) is 5.69 Å². The molecule has 4 aromatic carbocycles. The molecule has 0 spiro atoms. The van der Waals surface area contributed by atoms with Crippen molar-refractivity contribution in [2.24, 2.45) is 0 Å². The van der Waals surface area contributed by atoms with Crippen molar-refractivity contribution < 1.29 is 22.8 Å². The monoisotopic (exact) mass is 966 g/mol.